The van der Waals surface area contributed by atoms with Crippen LogP contribution in [0.2, 0.25) is 0 Å². The molecule has 28 heavy (non-hydrogen) atoms. The fraction of sp³-hybridized carbons (Fsp3) is 0.350. The maximum absolute atomic E-state index is 12.4. The molecule has 0 saturated heterocycles. The van der Waals surface area contributed by atoms with Gasteiger partial charge in [0.15, 0.2) is 0 Å². The smallest absolute Gasteiger partial charge is 0.251 e. The Morgan fingerprint density at radius 1 is 1.07 bits per heavy atom. The highest BCUT2D eigenvalue weighted by atomic mass is 32.2. The molecule has 0 aliphatic heterocycles. The zero-order valence-corrected chi connectivity index (χ0v) is 17.3. The molecule has 2 rings (SSSR count). The van der Waals surface area contributed by atoms with Gasteiger partial charge in [-0.15, -0.1) is 0 Å². The Labute approximate surface area is 166 Å². The molecule has 0 spiro atoms. The van der Waals surface area contributed by atoms with Crippen molar-refractivity contribution in [2.45, 2.75) is 19.9 Å². The largest absolute Gasteiger partial charge is 0.497 e. The minimum absolute atomic E-state index is 0.0114. The van der Waals surface area contributed by atoms with Gasteiger partial charge in [-0.1, -0.05) is 0 Å². The Morgan fingerprint density at radius 2 is 1.64 bits per heavy atom. The molecule has 0 fully saturated rings. The van der Waals surface area contributed by atoms with E-state index in [1.807, 2.05) is 6.92 Å². The first-order chi connectivity index (χ1) is 13.3. The van der Waals surface area contributed by atoms with E-state index in [0.29, 0.717) is 23.6 Å². The number of hydrogen-bond acceptors (Lipinski definition) is 5. The summed E-state index contributed by atoms with van der Waals surface area (Å²) in [6, 6.07) is 13.4. The molecule has 7 nitrogen and oxygen atoms in total. The van der Waals surface area contributed by atoms with Crippen LogP contribution >= 0.6 is 0 Å². The molecule has 0 bridgehead atoms. The highest BCUT2D eigenvalue weighted by Crippen LogP contribution is 2.18. The number of hydrogen-bond donors (Lipinski definition) is 1. The molecule has 1 N–H and O–H groups in total. The second-order valence-electron chi connectivity index (χ2n) is 6.28. The van der Waals surface area contributed by atoms with Crippen LogP contribution in [-0.2, 0) is 10.0 Å². The van der Waals surface area contributed by atoms with Crippen molar-refractivity contribution in [3.05, 3.63) is 54.1 Å². The van der Waals surface area contributed by atoms with E-state index in [-0.39, 0.29) is 17.7 Å². The average molecular weight is 407 g/mol. The van der Waals surface area contributed by atoms with Crippen LogP contribution in [0.4, 0.5) is 5.69 Å². The maximum atomic E-state index is 12.4. The van der Waals surface area contributed by atoms with Crippen molar-refractivity contribution in [1.29, 1.82) is 0 Å². The summed E-state index contributed by atoms with van der Waals surface area (Å²) in [5, 5.41) is 2.86. The fourth-order valence-electron chi connectivity index (χ4n) is 2.42. The lowest BCUT2D eigenvalue weighted by molar-refractivity contribution is 0.0926. The summed E-state index contributed by atoms with van der Waals surface area (Å²) in [5.74, 6) is 1.19. The number of carbonyl (C=O) groups excluding carboxylic acids is 1. The first kappa shape index (κ1) is 21.6. The Balaban J connectivity index is 1.90. The standard InChI is InChI=1S/C20H26N2O5S/c1-5-28(24,25)22(3)17-8-6-16(7-9-17)20(23)21-15(2)14-27-19-12-10-18(26-4)11-13-19/h6-13,15H,5,14H2,1-4H3,(H,21,23). The number of methoxy groups -OCH3 is 1. The Bertz CT molecular complexity index is 880. The second kappa shape index (κ2) is 9.45. The Hall–Kier alpha value is -2.74. The fourth-order valence-corrected chi connectivity index (χ4v) is 3.25. The van der Waals surface area contributed by atoms with Crippen molar-refractivity contribution in [3.8, 4) is 11.5 Å². The van der Waals surface area contributed by atoms with Gasteiger partial charge in [0.25, 0.3) is 5.91 Å². The van der Waals surface area contributed by atoms with Crippen LogP contribution in [0.3, 0.4) is 0 Å². The van der Waals surface area contributed by atoms with Crippen LogP contribution in [0.15, 0.2) is 48.5 Å². The van der Waals surface area contributed by atoms with Crippen molar-refractivity contribution in [3.63, 3.8) is 0 Å². The molecular weight excluding hydrogens is 380 g/mol. The topological polar surface area (TPSA) is 84.9 Å². The summed E-state index contributed by atoms with van der Waals surface area (Å²) in [7, 11) is -0.243. The molecule has 0 aromatic heterocycles. The first-order valence-electron chi connectivity index (χ1n) is 8.91. The van der Waals surface area contributed by atoms with E-state index in [2.05, 4.69) is 5.32 Å². The molecule has 1 unspecified atom stereocenters. The van der Waals surface area contributed by atoms with E-state index in [4.69, 9.17) is 9.47 Å². The summed E-state index contributed by atoms with van der Waals surface area (Å²) in [6.45, 7) is 3.74. The van der Waals surface area contributed by atoms with Gasteiger partial charge in [0.1, 0.15) is 18.1 Å². The van der Waals surface area contributed by atoms with E-state index < -0.39 is 10.0 Å². The lowest BCUT2D eigenvalue weighted by Crippen LogP contribution is -2.36. The molecule has 0 radical (unpaired) electrons. The van der Waals surface area contributed by atoms with Gasteiger partial charge < -0.3 is 14.8 Å². The van der Waals surface area contributed by atoms with Crippen LogP contribution in [0.5, 0.6) is 11.5 Å². The van der Waals surface area contributed by atoms with Crippen LogP contribution in [0.25, 0.3) is 0 Å². The SMILES string of the molecule is CCS(=O)(=O)N(C)c1ccc(C(=O)NC(C)COc2ccc(OC)cc2)cc1. The van der Waals surface area contributed by atoms with Gasteiger partial charge in [0, 0.05) is 12.6 Å². The monoisotopic (exact) mass is 406 g/mol. The number of sulfonamides is 1. The van der Waals surface area contributed by atoms with Crippen molar-refractivity contribution >= 4 is 21.6 Å². The van der Waals surface area contributed by atoms with E-state index >= 15 is 0 Å². The van der Waals surface area contributed by atoms with Gasteiger partial charge >= 0.3 is 0 Å². The highest BCUT2D eigenvalue weighted by molar-refractivity contribution is 7.92. The third-order valence-corrected chi connectivity index (χ3v) is 5.99. The molecule has 8 heteroatoms. The zero-order chi connectivity index (χ0) is 20.7. The Morgan fingerprint density at radius 3 is 2.18 bits per heavy atom. The van der Waals surface area contributed by atoms with Gasteiger partial charge in [-0.2, -0.15) is 0 Å². The van der Waals surface area contributed by atoms with Gasteiger partial charge in [0.2, 0.25) is 10.0 Å². The van der Waals surface area contributed by atoms with Crippen LogP contribution in [0, 0.1) is 0 Å². The third kappa shape index (κ3) is 5.63. The number of rotatable bonds is 9. The highest BCUT2D eigenvalue weighted by Gasteiger charge is 2.16. The van der Waals surface area contributed by atoms with E-state index in [1.54, 1.807) is 62.6 Å². The molecule has 152 valence electrons. The molecule has 1 atom stereocenters. The Kier molecular flexibility index (Phi) is 7.28. The predicted octanol–water partition coefficient (Wildman–Crippen LogP) is 2.68. The van der Waals surface area contributed by atoms with E-state index in [1.165, 1.54) is 11.4 Å². The summed E-state index contributed by atoms with van der Waals surface area (Å²) >= 11 is 0. The van der Waals surface area contributed by atoms with Crippen LogP contribution < -0.4 is 19.1 Å². The number of amides is 1. The molecule has 0 saturated carbocycles. The number of nitrogens with one attached hydrogen (secondary N) is 1. The molecule has 1 amide bonds. The molecule has 0 aliphatic rings. The van der Waals surface area contributed by atoms with Crippen molar-refractivity contribution < 1.29 is 22.7 Å². The molecule has 2 aromatic carbocycles. The van der Waals surface area contributed by atoms with E-state index in [9.17, 15) is 13.2 Å². The maximum Gasteiger partial charge on any atom is 0.251 e. The third-order valence-electron chi connectivity index (χ3n) is 4.21. The number of nitrogens with zero attached hydrogens (tertiary/aromatic N) is 1. The van der Waals surface area contributed by atoms with Gasteiger partial charge in [-0.3, -0.25) is 9.10 Å². The van der Waals surface area contributed by atoms with Crippen molar-refractivity contribution in [2.75, 3.05) is 30.8 Å². The second-order valence-corrected chi connectivity index (χ2v) is 8.56. The lowest BCUT2D eigenvalue weighted by atomic mass is 10.2. The summed E-state index contributed by atoms with van der Waals surface area (Å²) in [4.78, 5) is 12.4. The molecule has 0 aliphatic carbocycles. The first-order valence-corrected chi connectivity index (χ1v) is 10.5. The molecular formula is C20H26N2O5S. The van der Waals surface area contributed by atoms with Crippen LogP contribution in [-0.4, -0.2) is 46.9 Å². The number of benzene rings is 2. The quantitative estimate of drug-likeness (QED) is 0.692. The molecule has 0 heterocycles. The minimum Gasteiger partial charge on any atom is -0.497 e. The summed E-state index contributed by atoms with van der Waals surface area (Å²) < 4.78 is 35.8. The predicted molar refractivity (Wildman–Crippen MR) is 110 cm³/mol. The normalized spacial score (nSPS) is 12.1. The average Bonchev–Trinajstić information content (AvgIpc) is 2.72. The zero-order valence-electron chi connectivity index (χ0n) is 16.5. The van der Waals surface area contributed by atoms with Crippen molar-refractivity contribution in [1.82, 2.24) is 5.32 Å². The number of carbonyl (C=O) groups is 1. The van der Waals surface area contributed by atoms with Gasteiger partial charge in [0.05, 0.1) is 24.6 Å². The number of ether oxygens (including phenoxy) is 2. The van der Waals surface area contributed by atoms with Gasteiger partial charge in [-0.25, -0.2) is 8.42 Å². The number of anilines is 1. The van der Waals surface area contributed by atoms with E-state index in [0.717, 1.165) is 5.75 Å². The van der Waals surface area contributed by atoms with Gasteiger partial charge in [-0.05, 0) is 62.4 Å². The minimum atomic E-state index is -3.33. The van der Waals surface area contributed by atoms with Crippen LogP contribution in [0.1, 0.15) is 24.2 Å². The summed E-state index contributed by atoms with van der Waals surface area (Å²) in [6.07, 6.45) is 0. The lowest BCUT2D eigenvalue weighted by Gasteiger charge is -2.19. The molecule has 2 aromatic rings. The van der Waals surface area contributed by atoms with Crippen molar-refractivity contribution in [2.24, 2.45) is 0 Å². The summed E-state index contributed by atoms with van der Waals surface area (Å²) in [5.41, 5.74) is 0.955.